The number of primary amides is 1. The number of nitrogens with zero attached hydrogens (tertiary/aromatic N) is 1. The summed E-state index contributed by atoms with van der Waals surface area (Å²) in [4.78, 5) is 55.4. The number of carbonyl (C=O) groups excluding carboxylic acids is 4. The van der Waals surface area contributed by atoms with Gasteiger partial charge in [0.25, 0.3) is 5.91 Å². The molecule has 0 aliphatic carbocycles. The van der Waals surface area contributed by atoms with Gasteiger partial charge in [0.05, 0.1) is 17.5 Å². The van der Waals surface area contributed by atoms with Crippen molar-refractivity contribution in [3.05, 3.63) is 114 Å². The number of hydrogen-bond acceptors (Lipinski definition) is 7. The highest BCUT2D eigenvalue weighted by Gasteiger charge is 2.27. The molecule has 9 heteroatoms. The lowest BCUT2D eigenvalue weighted by Gasteiger charge is -2.22. The Labute approximate surface area is 282 Å². The first kappa shape index (κ1) is 35.8. The maximum absolute atomic E-state index is 13.5. The average Bonchev–Trinajstić information content (AvgIpc) is 3.10. The maximum Gasteiger partial charge on any atom is 0.328 e. The number of ether oxygens (including phenoxy) is 2. The van der Waals surface area contributed by atoms with Crippen LogP contribution >= 0.6 is 0 Å². The van der Waals surface area contributed by atoms with E-state index >= 15 is 0 Å². The number of hydrogen-bond donors (Lipinski definition) is 2. The van der Waals surface area contributed by atoms with Crippen molar-refractivity contribution in [3.8, 4) is 0 Å². The van der Waals surface area contributed by atoms with Gasteiger partial charge >= 0.3 is 11.9 Å². The molecule has 0 aliphatic rings. The quantitative estimate of drug-likeness (QED) is 0.0810. The predicted molar refractivity (Wildman–Crippen MR) is 185 cm³/mol. The Bertz CT molecular complexity index is 1610. The summed E-state index contributed by atoms with van der Waals surface area (Å²) in [6, 6.07) is 27.8. The Balaban J connectivity index is 1.32. The second-order valence-corrected chi connectivity index (χ2v) is 12.0. The van der Waals surface area contributed by atoms with Gasteiger partial charge in [0.15, 0.2) is 0 Å². The van der Waals surface area contributed by atoms with E-state index in [1.54, 1.807) is 6.07 Å². The second-order valence-electron chi connectivity index (χ2n) is 12.0. The number of amides is 2. The number of aromatic nitrogens is 1. The average molecular weight is 652 g/mol. The molecule has 1 heterocycles. The second kappa shape index (κ2) is 19.6. The molecule has 0 unspecified atom stereocenters. The van der Waals surface area contributed by atoms with Crippen LogP contribution in [-0.4, -0.2) is 40.9 Å². The van der Waals surface area contributed by atoms with E-state index in [4.69, 9.17) is 15.2 Å². The summed E-state index contributed by atoms with van der Waals surface area (Å²) in [5.41, 5.74) is 8.72. The lowest BCUT2D eigenvalue weighted by atomic mass is 10.0. The normalized spacial score (nSPS) is 12.2. The molecule has 0 spiro atoms. The molecule has 3 N–H and O–H groups in total. The Morgan fingerprint density at radius 2 is 1.42 bits per heavy atom. The van der Waals surface area contributed by atoms with Crippen molar-refractivity contribution in [2.75, 3.05) is 0 Å². The van der Waals surface area contributed by atoms with Gasteiger partial charge in [0.1, 0.15) is 18.8 Å². The van der Waals surface area contributed by atoms with Gasteiger partial charge in [-0.25, -0.2) is 4.79 Å². The zero-order chi connectivity index (χ0) is 34.0. The number of pyridine rings is 1. The van der Waals surface area contributed by atoms with Gasteiger partial charge in [-0.3, -0.25) is 19.4 Å². The SMILES string of the molecule is NC(=O)C[C@H](CCCCCCCc1ccccc1)OC(=O)[C@H](CCCC(=O)OCc1ccccc1)NC(=O)c1cnc2ccccc2c1. The highest BCUT2D eigenvalue weighted by molar-refractivity contribution is 5.99. The summed E-state index contributed by atoms with van der Waals surface area (Å²) in [5.74, 6) is -2.15. The lowest BCUT2D eigenvalue weighted by Crippen LogP contribution is -2.43. The molecule has 0 aliphatic heterocycles. The first-order valence-corrected chi connectivity index (χ1v) is 16.8. The lowest BCUT2D eigenvalue weighted by molar-refractivity contribution is -0.153. The highest BCUT2D eigenvalue weighted by Crippen LogP contribution is 2.17. The number of benzene rings is 3. The third-order valence-electron chi connectivity index (χ3n) is 8.10. The summed E-state index contributed by atoms with van der Waals surface area (Å²) < 4.78 is 11.2. The van der Waals surface area contributed by atoms with Gasteiger partial charge in [-0.15, -0.1) is 0 Å². The van der Waals surface area contributed by atoms with Crippen LogP contribution in [0, 0.1) is 0 Å². The number of rotatable bonds is 20. The molecule has 1 aromatic heterocycles. The zero-order valence-corrected chi connectivity index (χ0v) is 27.4. The van der Waals surface area contributed by atoms with Gasteiger partial charge in [0.2, 0.25) is 5.91 Å². The first-order chi connectivity index (χ1) is 23.4. The van der Waals surface area contributed by atoms with Crippen molar-refractivity contribution in [2.24, 2.45) is 5.73 Å². The van der Waals surface area contributed by atoms with Crippen LogP contribution in [0.3, 0.4) is 0 Å². The van der Waals surface area contributed by atoms with E-state index in [-0.39, 0.29) is 37.9 Å². The van der Waals surface area contributed by atoms with Crippen LogP contribution in [0.1, 0.15) is 85.7 Å². The van der Waals surface area contributed by atoms with Crippen LogP contribution in [0.15, 0.2) is 97.2 Å². The van der Waals surface area contributed by atoms with Crippen molar-refractivity contribution in [1.29, 1.82) is 0 Å². The summed E-state index contributed by atoms with van der Waals surface area (Å²) in [6.45, 7) is 0.151. The predicted octanol–water partition coefficient (Wildman–Crippen LogP) is 6.62. The minimum absolute atomic E-state index is 0.0546. The fraction of sp³-hybridized carbons (Fsp3) is 0.359. The number of esters is 2. The zero-order valence-electron chi connectivity index (χ0n) is 27.4. The fourth-order valence-electron chi connectivity index (χ4n) is 5.50. The number of aryl methyl sites for hydroxylation is 1. The largest absolute Gasteiger partial charge is 0.461 e. The molecule has 0 saturated heterocycles. The molecule has 2 amide bonds. The van der Waals surface area contributed by atoms with Crippen LogP contribution in [-0.2, 0) is 36.9 Å². The van der Waals surface area contributed by atoms with Crippen LogP contribution in [0.4, 0.5) is 0 Å². The number of para-hydroxylation sites is 1. The summed E-state index contributed by atoms with van der Waals surface area (Å²) in [5, 5.41) is 3.55. The number of fused-ring (bicyclic) bond motifs is 1. The number of nitrogens with one attached hydrogen (secondary N) is 1. The summed E-state index contributed by atoms with van der Waals surface area (Å²) in [6.07, 6.45) is 7.52. The topological polar surface area (TPSA) is 138 Å². The van der Waals surface area contributed by atoms with Gasteiger partial charge < -0.3 is 20.5 Å². The molecule has 0 radical (unpaired) electrons. The fourth-order valence-corrected chi connectivity index (χ4v) is 5.50. The van der Waals surface area contributed by atoms with Crippen molar-refractivity contribution in [1.82, 2.24) is 10.3 Å². The smallest absolute Gasteiger partial charge is 0.328 e. The van der Waals surface area contributed by atoms with Gasteiger partial charge in [0, 0.05) is 18.0 Å². The molecule has 252 valence electrons. The van der Waals surface area contributed by atoms with E-state index in [0.29, 0.717) is 6.42 Å². The van der Waals surface area contributed by atoms with Crippen LogP contribution in [0.2, 0.25) is 0 Å². The standard InChI is InChI=1S/C39H45N3O6/c40-36(43)26-33(21-11-3-1-2-6-15-29-16-7-4-8-17-29)48-39(46)35(23-14-24-37(44)47-28-30-18-9-5-10-19-30)42-38(45)32-25-31-20-12-13-22-34(31)41-27-32/h4-5,7-10,12-13,16-20,22,25,27,33,35H,1-3,6,11,14-15,21,23-24,26,28H2,(H2,40,43)(H,42,45)/t33-,35-/m0/s1. The van der Waals surface area contributed by atoms with Crippen molar-refractivity contribution in [3.63, 3.8) is 0 Å². The van der Waals surface area contributed by atoms with Gasteiger partial charge in [-0.2, -0.15) is 0 Å². The molecular weight excluding hydrogens is 606 g/mol. The molecule has 0 fully saturated rings. The van der Waals surface area contributed by atoms with Crippen LogP contribution < -0.4 is 11.1 Å². The molecule has 3 aromatic carbocycles. The highest BCUT2D eigenvalue weighted by atomic mass is 16.5. The number of nitrogens with two attached hydrogens (primary N) is 1. The Morgan fingerprint density at radius 1 is 0.750 bits per heavy atom. The van der Waals surface area contributed by atoms with Crippen molar-refractivity contribution in [2.45, 2.75) is 89.4 Å². The van der Waals surface area contributed by atoms with Crippen LogP contribution in [0.5, 0.6) is 0 Å². The molecule has 2 atom stereocenters. The molecule has 4 aromatic rings. The minimum Gasteiger partial charge on any atom is -0.461 e. The van der Waals surface area contributed by atoms with E-state index in [9.17, 15) is 19.2 Å². The maximum atomic E-state index is 13.5. The van der Waals surface area contributed by atoms with Gasteiger partial charge in [-0.1, -0.05) is 98.1 Å². The summed E-state index contributed by atoms with van der Waals surface area (Å²) in [7, 11) is 0. The van der Waals surface area contributed by atoms with E-state index in [0.717, 1.165) is 55.0 Å². The monoisotopic (exact) mass is 651 g/mol. The number of carbonyl (C=O) groups is 4. The van der Waals surface area contributed by atoms with E-state index < -0.39 is 35.9 Å². The summed E-state index contributed by atoms with van der Waals surface area (Å²) >= 11 is 0. The van der Waals surface area contributed by atoms with E-state index in [1.165, 1.54) is 11.8 Å². The molecule has 0 saturated carbocycles. The molecular formula is C39H45N3O6. The third-order valence-corrected chi connectivity index (χ3v) is 8.10. The Morgan fingerprint density at radius 3 is 2.17 bits per heavy atom. The van der Waals surface area contributed by atoms with Crippen LogP contribution in [0.25, 0.3) is 10.9 Å². The Hall–Kier alpha value is -5.05. The molecule has 48 heavy (non-hydrogen) atoms. The van der Waals surface area contributed by atoms with Crippen molar-refractivity contribution >= 4 is 34.7 Å². The first-order valence-electron chi connectivity index (χ1n) is 16.8. The molecule has 9 nitrogen and oxygen atoms in total. The van der Waals surface area contributed by atoms with Crippen molar-refractivity contribution < 1.29 is 28.7 Å². The van der Waals surface area contributed by atoms with E-state index in [2.05, 4.69) is 22.4 Å². The minimum atomic E-state index is -1.06. The Kier molecular flexibility index (Phi) is 14.6. The van der Waals surface area contributed by atoms with Gasteiger partial charge in [-0.05, 0) is 61.8 Å². The molecule has 4 rings (SSSR count). The molecule has 0 bridgehead atoms. The third kappa shape index (κ3) is 12.6. The number of unbranched alkanes of at least 4 members (excludes halogenated alkanes) is 4. The van der Waals surface area contributed by atoms with E-state index in [1.807, 2.05) is 72.8 Å².